The Morgan fingerprint density at radius 2 is 2.14 bits per heavy atom. The Balaban J connectivity index is 2.40. The van der Waals surface area contributed by atoms with Crippen LogP contribution in [0.3, 0.4) is 0 Å². The average molecular weight is 314 g/mol. The van der Waals surface area contributed by atoms with E-state index in [0.717, 1.165) is 51.9 Å². The van der Waals surface area contributed by atoms with Gasteiger partial charge in [-0.3, -0.25) is 0 Å². The van der Waals surface area contributed by atoms with Gasteiger partial charge in [-0.15, -0.1) is 0 Å². The van der Waals surface area contributed by atoms with E-state index in [1.54, 1.807) is 7.11 Å². The summed E-state index contributed by atoms with van der Waals surface area (Å²) in [5, 5.41) is 3.60. The maximum atomic E-state index is 12.2. The molecule has 0 spiro atoms. The molecule has 1 aliphatic heterocycles. The third-order valence-electron chi connectivity index (χ3n) is 3.87. The van der Waals surface area contributed by atoms with Crippen LogP contribution < -0.4 is 5.32 Å². The van der Waals surface area contributed by atoms with E-state index in [0.29, 0.717) is 12.0 Å². The van der Waals surface area contributed by atoms with Crippen LogP contribution in [-0.4, -0.2) is 56.0 Å². The summed E-state index contributed by atoms with van der Waals surface area (Å²) in [6.45, 7) is 11.2. The number of likely N-dealkylation sites (tertiary alicyclic amines) is 1. The lowest BCUT2D eigenvalue weighted by molar-refractivity contribution is 0.0163. The minimum Gasteiger partial charge on any atom is -0.444 e. The van der Waals surface area contributed by atoms with Crippen molar-refractivity contribution in [2.45, 2.75) is 65.0 Å². The third kappa shape index (κ3) is 7.45. The van der Waals surface area contributed by atoms with Gasteiger partial charge >= 0.3 is 6.09 Å². The van der Waals surface area contributed by atoms with Crippen LogP contribution in [0.25, 0.3) is 0 Å². The van der Waals surface area contributed by atoms with Gasteiger partial charge < -0.3 is 19.7 Å². The molecule has 5 heteroatoms. The Morgan fingerprint density at radius 3 is 2.73 bits per heavy atom. The Labute approximate surface area is 135 Å². The van der Waals surface area contributed by atoms with E-state index in [9.17, 15) is 4.79 Å². The first kappa shape index (κ1) is 19.2. The van der Waals surface area contributed by atoms with E-state index in [2.05, 4.69) is 12.2 Å². The zero-order valence-corrected chi connectivity index (χ0v) is 15.0. The second-order valence-electron chi connectivity index (χ2n) is 7.28. The number of methoxy groups -OCH3 is 1. The topological polar surface area (TPSA) is 50.8 Å². The van der Waals surface area contributed by atoms with Gasteiger partial charge in [0.2, 0.25) is 0 Å². The Kier molecular flexibility index (Phi) is 8.18. The molecule has 1 saturated heterocycles. The summed E-state index contributed by atoms with van der Waals surface area (Å²) in [5.74, 6) is 0.498. The Hall–Kier alpha value is -0.810. The van der Waals surface area contributed by atoms with Crippen LogP contribution in [-0.2, 0) is 9.47 Å². The van der Waals surface area contributed by atoms with Crippen LogP contribution in [0.2, 0.25) is 0 Å². The van der Waals surface area contributed by atoms with Gasteiger partial charge in [0.25, 0.3) is 0 Å². The predicted molar refractivity (Wildman–Crippen MR) is 89.1 cm³/mol. The van der Waals surface area contributed by atoms with Crippen molar-refractivity contribution in [1.82, 2.24) is 10.2 Å². The summed E-state index contributed by atoms with van der Waals surface area (Å²) in [4.78, 5) is 14.0. The number of nitrogens with one attached hydrogen (secondary N) is 1. The number of nitrogens with zero attached hydrogens (tertiary/aromatic N) is 1. The fraction of sp³-hybridized carbons (Fsp3) is 0.941. The molecule has 1 N–H and O–H groups in total. The fourth-order valence-electron chi connectivity index (χ4n) is 2.85. The highest BCUT2D eigenvalue weighted by atomic mass is 16.6. The van der Waals surface area contributed by atoms with E-state index >= 15 is 0 Å². The van der Waals surface area contributed by atoms with Gasteiger partial charge in [-0.2, -0.15) is 0 Å². The molecule has 2 atom stereocenters. The van der Waals surface area contributed by atoms with Crippen LogP contribution in [0.4, 0.5) is 4.79 Å². The lowest BCUT2D eigenvalue weighted by Gasteiger charge is -2.34. The molecule has 0 saturated carbocycles. The molecule has 0 aliphatic carbocycles. The van der Waals surface area contributed by atoms with E-state index in [4.69, 9.17) is 9.47 Å². The zero-order valence-electron chi connectivity index (χ0n) is 15.0. The second-order valence-corrected chi connectivity index (χ2v) is 7.28. The molecule has 0 aromatic heterocycles. The van der Waals surface area contributed by atoms with Crippen LogP contribution >= 0.6 is 0 Å². The van der Waals surface area contributed by atoms with Gasteiger partial charge in [0, 0.05) is 26.2 Å². The molecule has 1 fully saturated rings. The summed E-state index contributed by atoms with van der Waals surface area (Å²) in [6, 6.07) is 0.409. The van der Waals surface area contributed by atoms with Crippen molar-refractivity contribution < 1.29 is 14.3 Å². The van der Waals surface area contributed by atoms with E-state index in [-0.39, 0.29) is 6.09 Å². The van der Waals surface area contributed by atoms with Crippen molar-refractivity contribution in [3.63, 3.8) is 0 Å². The molecule has 1 rings (SSSR count). The number of hydrogen-bond acceptors (Lipinski definition) is 4. The number of carbonyl (C=O) groups is 1. The molecule has 0 aromatic carbocycles. The number of piperidine rings is 1. The van der Waals surface area contributed by atoms with Crippen LogP contribution in [0, 0.1) is 5.92 Å². The number of hydrogen-bond donors (Lipinski definition) is 1. The lowest BCUT2D eigenvalue weighted by atomic mass is 9.97. The molecular formula is C17H34N2O3. The SMILES string of the molecule is CCCC(COC)NCC1CCCN(C(=O)OC(C)(C)C)C1. The first-order valence-corrected chi connectivity index (χ1v) is 8.56. The highest BCUT2D eigenvalue weighted by Crippen LogP contribution is 2.19. The lowest BCUT2D eigenvalue weighted by Crippen LogP contribution is -2.46. The van der Waals surface area contributed by atoms with Gasteiger partial charge in [0.15, 0.2) is 0 Å². The molecule has 1 aliphatic rings. The summed E-state index contributed by atoms with van der Waals surface area (Å²) in [5.41, 5.74) is -0.424. The average Bonchev–Trinajstić information content (AvgIpc) is 2.44. The summed E-state index contributed by atoms with van der Waals surface area (Å²) >= 11 is 0. The van der Waals surface area contributed by atoms with Crippen LogP contribution in [0.5, 0.6) is 0 Å². The number of rotatable bonds is 7. The largest absolute Gasteiger partial charge is 0.444 e. The number of amides is 1. The summed E-state index contributed by atoms with van der Waals surface area (Å²) in [7, 11) is 1.75. The maximum absolute atomic E-state index is 12.2. The molecule has 22 heavy (non-hydrogen) atoms. The number of ether oxygens (including phenoxy) is 2. The van der Waals surface area contributed by atoms with E-state index in [1.807, 2.05) is 25.7 Å². The molecule has 0 radical (unpaired) electrons. The van der Waals surface area contributed by atoms with Gasteiger partial charge in [-0.25, -0.2) is 4.79 Å². The first-order chi connectivity index (χ1) is 10.4. The minimum atomic E-state index is -0.424. The standard InChI is InChI=1S/C17H34N2O3/c1-6-8-15(13-21-5)18-11-14-9-7-10-19(12-14)16(20)22-17(2,3)4/h14-15,18H,6-13H2,1-5H3. The molecular weight excluding hydrogens is 280 g/mol. The first-order valence-electron chi connectivity index (χ1n) is 8.56. The minimum absolute atomic E-state index is 0.181. The van der Waals surface area contributed by atoms with Gasteiger partial charge in [0.05, 0.1) is 6.61 Å². The van der Waals surface area contributed by atoms with Gasteiger partial charge in [0.1, 0.15) is 5.60 Å². The normalized spacial score (nSPS) is 20.8. The summed E-state index contributed by atoms with van der Waals surface area (Å²) < 4.78 is 10.7. The van der Waals surface area contributed by atoms with Crippen molar-refractivity contribution in [1.29, 1.82) is 0 Å². The molecule has 130 valence electrons. The Morgan fingerprint density at radius 1 is 1.41 bits per heavy atom. The van der Waals surface area contributed by atoms with Crippen molar-refractivity contribution in [2.75, 3.05) is 33.4 Å². The van der Waals surface area contributed by atoms with Crippen LogP contribution in [0.15, 0.2) is 0 Å². The van der Waals surface area contributed by atoms with Crippen molar-refractivity contribution in [2.24, 2.45) is 5.92 Å². The molecule has 0 bridgehead atoms. The third-order valence-corrected chi connectivity index (χ3v) is 3.87. The quantitative estimate of drug-likeness (QED) is 0.785. The van der Waals surface area contributed by atoms with Crippen molar-refractivity contribution >= 4 is 6.09 Å². The maximum Gasteiger partial charge on any atom is 0.410 e. The van der Waals surface area contributed by atoms with Crippen molar-refractivity contribution in [3.8, 4) is 0 Å². The molecule has 1 amide bonds. The number of carbonyl (C=O) groups excluding carboxylic acids is 1. The van der Waals surface area contributed by atoms with Crippen molar-refractivity contribution in [3.05, 3.63) is 0 Å². The molecule has 1 heterocycles. The van der Waals surface area contributed by atoms with Gasteiger partial charge in [-0.1, -0.05) is 13.3 Å². The molecule has 2 unspecified atom stereocenters. The van der Waals surface area contributed by atoms with E-state index < -0.39 is 5.60 Å². The van der Waals surface area contributed by atoms with Gasteiger partial charge in [-0.05, 0) is 52.5 Å². The highest BCUT2D eigenvalue weighted by Gasteiger charge is 2.27. The second kappa shape index (κ2) is 9.36. The predicted octanol–water partition coefficient (Wildman–Crippen LogP) is 3.04. The summed E-state index contributed by atoms with van der Waals surface area (Å²) in [6.07, 6.45) is 4.30. The van der Waals surface area contributed by atoms with E-state index in [1.165, 1.54) is 0 Å². The molecule has 5 nitrogen and oxygen atoms in total. The highest BCUT2D eigenvalue weighted by molar-refractivity contribution is 5.68. The monoisotopic (exact) mass is 314 g/mol. The Bertz CT molecular complexity index is 322. The molecule has 0 aromatic rings. The van der Waals surface area contributed by atoms with Crippen LogP contribution in [0.1, 0.15) is 53.4 Å². The zero-order chi connectivity index (χ0) is 16.6. The smallest absolute Gasteiger partial charge is 0.410 e. The fourth-order valence-corrected chi connectivity index (χ4v) is 2.85.